The van der Waals surface area contributed by atoms with Crippen LogP contribution in [0.15, 0.2) is 0 Å². The van der Waals surface area contributed by atoms with Crippen molar-refractivity contribution in [1.82, 2.24) is 15.1 Å². The van der Waals surface area contributed by atoms with Crippen molar-refractivity contribution in [2.45, 2.75) is 46.6 Å². The minimum absolute atomic E-state index is 0.772. The molecule has 0 atom stereocenters. The summed E-state index contributed by atoms with van der Waals surface area (Å²) in [4.78, 5) is 5.32. The zero-order valence-electron chi connectivity index (χ0n) is 12.9. The largest absolute Gasteiger partial charge is 0.314 e. The maximum Gasteiger partial charge on any atom is 0.0112 e. The van der Waals surface area contributed by atoms with Gasteiger partial charge in [-0.3, -0.25) is 9.80 Å². The Morgan fingerprint density at radius 1 is 1.11 bits per heavy atom. The summed E-state index contributed by atoms with van der Waals surface area (Å²) in [5, 5.41) is 3.42. The molecular formula is C15H33N3. The highest BCUT2D eigenvalue weighted by Gasteiger charge is 2.18. The number of piperazine rings is 1. The van der Waals surface area contributed by atoms with Gasteiger partial charge in [-0.15, -0.1) is 0 Å². The van der Waals surface area contributed by atoms with E-state index in [1.54, 1.807) is 0 Å². The molecule has 0 aliphatic carbocycles. The maximum atomic E-state index is 3.42. The van der Waals surface area contributed by atoms with Gasteiger partial charge < -0.3 is 5.32 Å². The van der Waals surface area contributed by atoms with E-state index in [1.165, 1.54) is 45.6 Å². The van der Waals surface area contributed by atoms with Crippen LogP contribution in [-0.4, -0.2) is 61.7 Å². The molecule has 0 aromatic rings. The molecule has 1 rings (SSSR count). The van der Waals surface area contributed by atoms with Crippen LogP contribution in [0.2, 0.25) is 0 Å². The van der Waals surface area contributed by atoms with E-state index in [0.29, 0.717) is 0 Å². The molecule has 1 fully saturated rings. The Bertz CT molecular complexity index is 196. The Kier molecular flexibility index (Phi) is 7.87. The molecule has 0 radical (unpaired) electrons. The van der Waals surface area contributed by atoms with Crippen LogP contribution in [0, 0.1) is 5.92 Å². The monoisotopic (exact) mass is 255 g/mol. The third-order valence-corrected chi connectivity index (χ3v) is 3.97. The maximum absolute atomic E-state index is 3.42. The molecule has 0 amide bonds. The summed E-state index contributed by atoms with van der Waals surface area (Å²) < 4.78 is 0. The highest BCUT2D eigenvalue weighted by atomic mass is 15.2. The van der Waals surface area contributed by atoms with Crippen molar-refractivity contribution in [1.29, 1.82) is 0 Å². The molecular weight excluding hydrogens is 222 g/mol. The van der Waals surface area contributed by atoms with Gasteiger partial charge in [0.2, 0.25) is 0 Å². The fraction of sp³-hybridized carbons (Fsp3) is 1.00. The minimum Gasteiger partial charge on any atom is -0.314 e. The first-order valence-electron chi connectivity index (χ1n) is 7.84. The lowest BCUT2D eigenvalue weighted by Crippen LogP contribution is -2.48. The summed E-state index contributed by atoms with van der Waals surface area (Å²) in [6.07, 6.45) is 2.57. The van der Waals surface area contributed by atoms with E-state index in [2.05, 4.69) is 42.8 Å². The molecule has 0 aromatic heterocycles. The zero-order chi connectivity index (χ0) is 13.4. The predicted molar refractivity (Wildman–Crippen MR) is 80.1 cm³/mol. The van der Waals surface area contributed by atoms with Crippen molar-refractivity contribution in [3.63, 3.8) is 0 Å². The summed E-state index contributed by atoms with van der Waals surface area (Å²) in [6, 6.07) is 0.773. The SMILES string of the molecule is CCC(CC)N(CCN1CCNCC1)CC(C)C. The van der Waals surface area contributed by atoms with E-state index in [4.69, 9.17) is 0 Å². The van der Waals surface area contributed by atoms with Crippen LogP contribution >= 0.6 is 0 Å². The van der Waals surface area contributed by atoms with Crippen LogP contribution in [0.4, 0.5) is 0 Å². The molecule has 1 aliphatic heterocycles. The number of hydrogen-bond acceptors (Lipinski definition) is 3. The van der Waals surface area contributed by atoms with Gasteiger partial charge in [0.05, 0.1) is 0 Å². The predicted octanol–water partition coefficient (Wildman–Crippen LogP) is 2.04. The fourth-order valence-electron chi connectivity index (χ4n) is 2.90. The van der Waals surface area contributed by atoms with Gasteiger partial charge in [-0.2, -0.15) is 0 Å². The molecule has 1 saturated heterocycles. The Morgan fingerprint density at radius 2 is 1.72 bits per heavy atom. The van der Waals surface area contributed by atoms with Crippen molar-refractivity contribution < 1.29 is 0 Å². The molecule has 0 unspecified atom stereocenters. The van der Waals surface area contributed by atoms with Crippen LogP contribution in [0.5, 0.6) is 0 Å². The number of nitrogens with one attached hydrogen (secondary N) is 1. The molecule has 3 heteroatoms. The average Bonchev–Trinajstić information content (AvgIpc) is 2.38. The third-order valence-electron chi connectivity index (χ3n) is 3.97. The lowest BCUT2D eigenvalue weighted by atomic mass is 10.1. The second-order valence-electron chi connectivity index (χ2n) is 5.95. The topological polar surface area (TPSA) is 18.5 Å². The molecule has 0 bridgehead atoms. The first-order chi connectivity index (χ1) is 8.67. The summed E-state index contributed by atoms with van der Waals surface area (Å²) in [5.41, 5.74) is 0. The third kappa shape index (κ3) is 5.68. The standard InChI is InChI=1S/C15H33N3/c1-5-15(6-2)18(13-14(3)4)12-11-17-9-7-16-8-10-17/h14-16H,5-13H2,1-4H3. The molecule has 1 aliphatic rings. The zero-order valence-corrected chi connectivity index (χ0v) is 12.9. The van der Waals surface area contributed by atoms with Crippen molar-refractivity contribution in [2.24, 2.45) is 5.92 Å². The van der Waals surface area contributed by atoms with Gasteiger partial charge in [-0.05, 0) is 18.8 Å². The average molecular weight is 255 g/mol. The van der Waals surface area contributed by atoms with E-state index in [-0.39, 0.29) is 0 Å². The van der Waals surface area contributed by atoms with Crippen LogP contribution in [0.25, 0.3) is 0 Å². The first kappa shape index (κ1) is 15.9. The van der Waals surface area contributed by atoms with Gasteiger partial charge in [0.1, 0.15) is 0 Å². The van der Waals surface area contributed by atoms with E-state index in [1.807, 2.05) is 0 Å². The second-order valence-corrected chi connectivity index (χ2v) is 5.95. The van der Waals surface area contributed by atoms with E-state index >= 15 is 0 Å². The van der Waals surface area contributed by atoms with Crippen LogP contribution in [-0.2, 0) is 0 Å². The van der Waals surface area contributed by atoms with E-state index < -0.39 is 0 Å². The van der Waals surface area contributed by atoms with Gasteiger partial charge in [-0.1, -0.05) is 27.7 Å². The van der Waals surface area contributed by atoms with Crippen molar-refractivity contribution >= 4 is 0 Å². The number of nitrogens with zero attached hydrogens (tertiary/aromatic N) is 2. The number of hydrogen-bond donors (Lipinski definition) is 1. The highest BCUT2D eigenvalue weighted by Crippen LogP contribution is 2.11. The van der Waals surface area contributed by atoms with E-state index in [9.17, 15) is 0 Å². The normalized spacial score (nSPS) is 18.2. The molecule has 18 heavy (non-hydrogen) atoms. The van der Waals surface area contributed by atoms with Crippen molar-refractivity contribution in [2.75, 3.05) is 45.8 Å². The summed E-state index contributed by atoms with van der Waals surface area (Å²) in [6.45, 7) is 17.8. The molecule has 0 spiro atoms. The van der Waals surface area contributed by atoms with Gasteiger partial charge in [0.15, 0.2) is 0 Å². The Balaban J connectivity index is 2.38. The number of rotatable bonds is 8. The van der Waals surface area contributed by atoms with Gasteiger partial charge in [-0.25, -0.2) is 0 Å². The van der Waals surface area contributed by atoms with Crippen molar-refractivity contribution in [3.05, 3.63) is 0 Å². The van der Waals surface area contributed by atoms with Crippen LogP contribution in [0.1, 0.15) is 40.5 Å². The van der Waals surface area contributed by atoms with E-state index in [0.717, 1.165) is 25.0 Å². The fourth-order valence-corrected chi connectivity index (χ4v) is 2.90. The molecule has 1 N–H and O–H groups in total. The van der Waals surface area contributed by atoms with Gasteiger partial charge >= 0.3 is 0 Å². The Labute approximate surface area is 114 Å². The molecule has 3 nitrogen and oxygen atoms in total. The van der Waals surface area contributed by atoms with Gasteiger partial charge in [0.25, 0.3) is 0 Å². The van der Waals surface area contributed by atoms with Crippen molar-refractivity contribution in [3.8, 4) is 0 Å². The van der Waals surface area contributed by atoms with Gasteiger partial charge in [0, 0.05) is 51.9 Å². The highest BCUT2D eigenvalue weighted by molar-refractivity contribution is 4.74. The van der Waals surface area contributed by atoms with Crippen LogP contribution in [0.3, 0.4) is 0 Å². The second kappa shape index (κ2) is 8.89. The Hall–Kier alpha value is -0.120. The molecule has 0 aromatic carbocycles. The molecule has 108 valence electrons. The summed E-state index contributed by atoms with van der Waals surface area (Å²) in [5.74, 6) is 0.772. The lowest BCUT2D eigenvalue weighted by molar-refractivity contribution is 0.133. The first-order valence-corrected chi connectivity index (χ1v) is 7.84. The Morgan fingerprint density at radius 3 is 2.22 bits per heavy atom. The molecule has 1 heterocycles. The lowest BCUT2D eigenvalue weighted by Gasteiger charge is -2.35. The smallest absolute Gasteiger partial charge is 0.0112 e. The summed E-state index contributed by atoms with van der Waals surface area (Å²) >= 11 is 0. The molecule has 0 saturated carbocycles. The quantitative estimate of drug-likeness (QED) is 0.716. The van der Waals surface area contributed by atoms with Crippen LogP contribution < -0.4 is 5.32 Å². The summed E-state index contributed by atoms with van der Waals surface area (Å²) in [7, 11) is 0. The minimum atomic E-state index is 0.772.